The maximum atomic E-state index is 8.64. The number of carbonyl (C=O) groups is 1. The molecule has 382 valence electrons. The Labute approximate surface area is 560 Å². The molecule has 21 nitrogen and oxygen atoms in total. The molecule has 5 N–H and O–H groups in total. The molecule has 0 unspecified atom stereocenters. The molecule has 0 radical (unpaired) electrons. The number of nitrogens with one attached hydrogen (secondary N) is 1. The van der Waals surface area contributed by atoms with Crippen LogP contribution in [0.1, 0.15) is 63.7 Å². The number of halogens is 2. The number of alkyl halides is 1. The van der Waals surface area contributed by atoms with Crippen molar-refractivity contribution >= 4 is 42.4 Å². The summed E-state index contributed by atoms with van der Waals surface area (Å²) in [6.45, 7) is 6.91. The molecule has 0 spiro atoms. The summed E-state index contributed by atoms with van der Waals surface area (Å²) in [6.07, 6.45) is 18.7. The zero-order chi connectivity index (χ0) is 50.5. The SMILES string of the molecule is CN(C)CCCl.CN(C)CCn1cc(-c2nc([C@@](C)(c3ccc(-c4cnc(N)nc4)cc3)C3CC3)no2)cn1.C[C@@](c1ccc(-c2cnc(N)nc2)cc1)(c1noc(-c2cn[nH]c2)n1)C1CC1.Cl.O=CO[O-].[Cs+].[Cs+].[H-]. The van der Waals surface area contributed by atoms with Gasteiger partial charge in [-0.3, -0.25) is 14.6 Å². The number of likely N-dealkylation sites (N-methyl/N-ethyl adjacent to an activating group) is 1. The quantitative estimate of drug-likeness (QED) is 0.0505. The molecule has 2 aliphatic rings. The van der Waals surface area contributed by atoms with Gasteiger partial charge in [-0.1, -0.05) is 58.8 Å². The molecular formula is C49H60Cl2Cs2N16O5. The largest absolute Gasteiger partial charge is 1.00 e. The van der Waals surface area contributed by atoms with Crippen LogP contribution < -0.4 is 155 Å². The Morgan fingerprint density at radius 1 is 0.716 bits per heavy atom. The first kappa shape index (κ1) is 63.5. The molecule has 0 aliphatic heterocycles. The van der Waals surface area contributed by atoms with Crippen molar-refractivity contribution < 1.29 is 163 Å². The van der Waals surface area contributed by atoms with Crippen molar-refractivity contribution in [1.29, 1.82) is 0 Å². The number of anilines is 2. The number of H-pyrrole nitrogens is 1. The van der Waals surface area contributed by atoms with E-state index in [1.165, 1.54) is 5.56 Å². The van der Waals surface area contributed by atoms with E-state index in [2.05, 4.69) is 123 Å². The van der Waals surface area contributed by atoms with Gasteiger partial charge in [0.25, 0.3) is 18.3 Å². The number of nitrogens with zero attached hydrogens (tertiary/aromatic N) is 13. The molecule has 2 fully saturated rings. The Morgan fingerprint density at radius 3 is 1.50 bits per heavy atom. The second kappa shape index (κ2) is 30.2. The number of carbonyl (C=O) groups excluding carboxylic acids is 1. The second-order valence-electron chi connectivity index (χ2n) is 18.1. The minimum atomic E-state index is -0.321. The zero-order valence-corrected chi connectivity index (χ0v) is 57.1. The first-order valence-corrected chi connectivity index (χ1v) is 23.4. The van der Waals surface area contributed by atoms with Gasteiger partial charge in [0.2, 0.25) is 11.9 Å². The molecule has 10 rings (SSSR count). The molecule has 2 saturated carbocycles. The molecule has 25 heteroatoms. The van der Waals surface area contributed by atoms with E-state index < -0.39 is 0 Å². The molecule has 8 aromatic rings. The molecule has 74 heavy (non-hydrogen) atoms. The van der Waals surface area contributed by atoms with E-state index >= 15 is 0 Å². The van der Waals surface area contributed by atoms with E-state index in [0.29, 0.717) is 35.3 Å². The molecule has 6 heterocycles. The van der Waals surface area contributed by atoms with Crippen molar-refractivity contribution in [2.24, 2.45) is 11.8 Å². The summed E-state index contributed by atoms with van der Waals surface area (Å²) in [6, 6.07) is 16.8. The van der Waals surface area contributed by atoms with Crippen molar-refractivity contribution in [2.75, 3.05) is 58.6 Å². The number of aromatic nitrogens is 12. The predicted molar refractivity (Wildman–Crippen MR) is 273 cm³/mol. The monoisotopic (exact) mass is 1290 g/mol. The smallest absolute Gasteiger partial charge is 1.00 e. The third kappa shape index (κ3) is 16.7. The number of aromatic amines is 1. The van der Waals surface area contributed by atoms with Gasteiger partial charge in [0.05, 0.1) is 40.9 Å². The van der Waals surface area contributed by atoms with Crippen LogP contribution in [0.5, 0.6) is 0 Å². The fraction of sp³-hybridized carbons (Fsp3) is 0.367. The number of benzene rings is 2. The van der Waals surface area contributed by atoms with Crippen molar-refractivity contribution in [3.8, 4) is 45.2 Å². The van der Waals surface area contributed by atoms with Gasteiger partial charge in [-0.05, 0) is 102 Å². The third-order valence-corrected chi connectivity index (χ3v) is 12.7. The first-order chi connectivity index (χ1) is 34.3. The van der Waals surface area contributed by atoms with Crippen LogP contribution in [-0.2, 0) is 27.1 Å². The van der Waals surface area contributed by atoms with Crippen LogP contribution in [0, 0.1) is 11.8 Å². The topological polar surface area (TPSA) is 284 Å². The van der Waals surface area contributed by atoms with Gasteiger partial charge in [-0.15, -0.1) is 24.0 Å². The summed E-state index contributed by atoms with van der Waals surface area (Å²) in [5.41, 5.74) is 18.4. The van der Waals surface area contributed by atoms with Gasteiger partial charge >= 0.3 is 138 Å². The number of nitrogen functional groups attached to an aromatic ring is 2. The Morgan fingerprint density at radius 2 is 1.15 bits per heavy atom. The Balaban J connectivity index is 0.000000323. The van der Waals surface area contributed by atoms with Crippen LogP contribution in [0.3, 0.4) is 0 Å². The van der Waals surface area contributed by atoms with Crippen molar-refractivity contribution in [3.63, 3.8) is 0 Å². The molecule has 0 saturated heterocycles. The van der Waals surface area contributed by atoms with Crippen LogP contribution in [0.4, 0.5) is 11.9 Å². The van der Waals surface area contributed by atoms with Crippen LogP contribution in [0.15, 0.2) is 107 Å². The molecular weight excluding hydrogens is 1230 g/mol. The van der Waals surface area contributed by atoms with Gasteiger partial charge in [0.1, 0.15) is 0 Å². The Hall–Kier alpha value is -3.07. The Kier molecular flexibility index (Phi) is 25.9. The van der Waals surface area contributed by atoms with Crippen molar-refractivity contribution in [1.82, 2.24) is 70.0 Å². The summed E-state index contributed by atoms with van der Waals surface area (Å²) >= 11 is 5.35. The van der Waals surface area contributed by atoms with Gasteiger partial charge in [-0.2, -0.15) is 20.2 Å². The summed E-state index contributed by atoms with van der Waals surface area (Å²) in [4.78, 5) is 41.2. The molecule has 2 aliphatic carbocycles. The number of hydrogen-bond acceptors (Lipinski definition) is 19. The minimum absolute atomic E-state index is 0. The second-order valence-corrected chi connectivity index (χ2v) is 18.5. The Bertz CT molecular complexity index is 2890. The van der Waals surface area contributed by atoms with Crippen LogP contribution in [0.25, 0.3) is 45.2 Å². The molecule has 0 bridgehead atoms. The van der Waals surface area contributed by atoms with Crippen molar-refractivity contribution in [3.05, 3.63) is 121 Å². The minimum Gasteiger partial charge on any atom is -1.00 e. The third-order valence-electron chi connectivity index (χ3n) is 12.5. The van der Waals surface area contributed by atoms with Crippen LogP contribution in [0.2, 0.25) is 0 Å². The normalized spacial score (nSPS) is 14.1. The maximum Gasteiger partial charge on any atom is 1.00 e. The summed E-state index contributed by atoms with van der Waals surface area (Å²) < 4.78 is 13.1. The molecule has 6 aromatic heterocycles. The summed E-state index contributed by atoms with van der Waals surface area (Å²) in [7, 11) is 8.09. The van der Waals surface area contributed by atoms with E-state index in [4.69, 9.17) is 47.2 Å². The predicted octanol–water partition coefficient (Wildman–Crippen LogP) is 0.229. The first-order valence-electron chi connectivity index (χ1n) is 22.9. The number of nitrogens with two attached hydrogens (primary N) is 2. The fourth-order valence-electron chi connectivity index (χ4n) is 7.95. The van der Waals surface area contributed by atoms with Crippen LogP contribution >= 0.6 is 24.0 Å². The molecule has 2 atom stereocenters. The van der Waals surface area contributed by atoms with Gasteiger partial charge in [-0.25, -0.2) is 19.9 Å². The van der Waals surface area contributed by atoms with E-state index in [1.54, 1.807) is 43.4 Å². The molecule has 2 aromatic carbocycles. The van der Waals surface area contributed by atoms with Crippen molar-refractivity contribution in [2.45, 2.75) is 56.9 Å². The van der Waals surface area contributed by atoms with Gasteiger partial charge in [0.15, 0.2) is 11.6 Å². The van der Waals surface area contributed by atoms with E-state index in [1.807, 2.05) is 44.0 Å². The zero-order valence-electron chi connectivity index (χ0n) is 43.9. The van der Waals surface area contributed by atoms with Gasteiger partial charge < -0.3 is 41.9 Å². The number of hydrogen-bond donors (Lipinski definition) is 3. The summed E-state index contributed by atoms with van der Waals surface area (Å²) in [5, 5.41) is 28.3. The van der Waals surface area contributed by atoms with Gasteiger partial charge in [0, 0.05) is 67.3 Å². The fourth-order valence-corrected chi connectivity index (χ4v) is 8.29. The average molecular weight is 1290 g/mol. The summed E-state index contributed by atoms with van der Waals surface area (Å²) in [5.74, 6) is 4.64. The van der Waals surface area contributed by atoms with E-state index in [0.717, 1.165) is 90.1 Å². The number of rotatable bonds is 16. The standard InChI is InChI=1S/C24H28N8O.C20H19N7O.C4H10ClN.CH2O3.ClH.2Cs.H/c1-24(20-8-9-20,19-6-4-16(5-7-19)17-12-26-23(25)27-13-17)22-29-21(33-30-22)18-14-28-32(15-18)11-10-31(2)3;1-20(16-6-7-16,18-26-17(28-27-18)14-10-24-25-11-14)15-4-2-12(3-5-15)13-8-22-19(21)23-9-13;1-6(2)4-3-5;2-1-4-3;;;;/h4-7,12-15,20H,8-11H2,1-3H3,(H2,25,26,27);2-5,8-11,16H,6-7H2,1H3,(H,24,25)(H2,21,22,23);3-4H2,1-2H3;1,3H;1H;;;/q;;;;;2*+1;-1/p-1/t24-;20-;;;;;;/m00....../s1. The van der Waals surface area contributed by atoms with Crippen LogP contribution in [-0.4, -0.2) is 124 Å². The molecule has 0 amide bonds. The maximum absolute atomic E-state index is 8.64. The average Bonchev–Trinajstić information content (AvgIpc) is 4.12. The van der Waals surface area contributed by atoms with E-state index in [-0.39, 0.29) is 181 Å². The van der Waals surface area contributed by atoms with E-state index in [9.17, 15) is 0 Å².